The molecule has 2 heterocycles. The van der Waals surface area contributed by atoms with Gasteiger partial charge >= 0.3 is 0 Å². The van der Waals surface area contributed by atoms with Gasteiger partial charge in [-0.15, -0.1) is 11.6 Å². The molecule has 5 heteroatoms. The molecule has 2 unspecified atom stereocenters. The van der Waals surface area contributed by atoms with Crippen LogP contribution < -0.4 is 0 Å². The third-order valence-corrected chi connectivity index (χ3v) is 4.33. The van der Waals surface area contributed by atoms with E-state index in [1.807, 2.05) is 18.2 Å². The third kappa shape index (κ3) is 2.47. The Hall–Kier alpha value is -0.770. The molecule has 1 aliphatic rings. The maximum absolute atomic E-state index is 6.09. The van der Waals surface area contributed by atoms with Crippen molar-refractivity contribution in [1.29, 1.82) is 0 Å². The van der Waals surface area contributed by atoms with Gasteiger partial charge in [-0.3, -0.25) is 0 Å². The number of alkyl halides is 1. The van der Waals surface area contributed by atoms with Crippen molar-refractivity contribution < 1.29 is 4.74 Å². The first-order valence-corrected chi connectivity index (χ1v) is 7.42. The van der Waals surface area contributed by atoms with E-state index in [1.165, 1.54) is 0 Å². The minimum atomic E-state index is 0.291. The van der Waals surface area contributed by atoms with Crippen LogP contribution in [-0.2, 0) is 17.2 Å². The fourth-order valence-electron chi connectivity index (χ4n) is 2.70. The summed E-state index contributed by atoms with van der Waals surface area (Å²) >= 11 is 12.1. The molecule has 0 radical (unpaired) electrons. The van der Waals surface area contributed by atoms with Gasteiger partial charge in [0.1, 0.15) is 5.82 Å². The highest BCUT2D eigenvalue weighted by molar-refractivity contribution is 6.31. The van der Waals surface area contributed by atoms with Crippen LogP contribution in [0.1, 0.15) is 19.2 Å². The van der Waals surface area contributed by atoms with Gasteiger partial charge in [-0.05, 0) is 31.5 Å². The molecule has 0 bridgehead atoms. The largest absolute Gasteiger partial charge is 0.378 e. The van der Waals surface area contributed by atoms with Gasteiger partial charge in [0.25, 0.3) is 0 Å². The van der Waals surface area contributed by atoms with E-state index in [9.17, 15) is 0 Å². The number of fused-ring (bicyclic) bond motifs is 1. The quantitative estimate of drug-likeness (QED) is 0.805. The second kappa shape index (κ2) is 5.31. The molecule has 0 spiro atoms. The van der Waals surface area contributed by atoms with Crippen molar-refractivity contribution in [2.45, 2.75) is 31.9 Å². The van der Waals surface area contributed by atoms with Crippen LogP contribution in [0.5, 0.6) is 0 Å². The fraction of sp³-hybridized carbons (Fsp3) is 0.500. The minimum absolute atomic E-state index is 0.291. The Kier molecular flexibility index (Phi) is 3.70. The summed E-state index contributed by atoms with van der Waals surface area (Å²) in [6, 6.07) is 5.76. The van der Waals surface area contributed by atoms with Gasteiger partial charge in [0, 0.05) is 24.1 Å². The number of rotatable bonds is 3. The van der Waals surface area contributed by atoms with Crippen molar-refractivity contribution in [3.8, 4) is 0 Å². The monoisotopic (exact) mass is 298 g/mol. The van der Waals surface area contributed by atoms with E-state index in [2.05, 4.69) is 16.5 Å². The number of imidazole rings is 1. The third-order valence-electron chi connectivity index (χ3n) is 3.86. The number of aromatic nitrogens is 2. The molecule has 3 nitrogen and oxygen atoms in total. The standard InChI is InChI=1S/C14H16Cl2N2O/c1-9-10(4-5-19-9)8-18-13-6-11(16)2-3-12(13)17-14(18)7-15/h2-3,6,9-10H,4-5,7-8H2,1H3. The Morgan fingerprint density at radius 2 is 2.32 bits per heavy atom. The maximum atomic E-state index is 6.09. The highest BCUT2D eigenvalue weighted by atomic mass is 35.5. The Labute approximate surface area is 122 Å². The second-order valence-electron chi connectivity index (χ2n) is 5.03. The SMILES string of the molecule is CC1OCCC1Cn1c(CCl)nc2ccc(Cl)cc21. The molecule has 0 N–H and O–H groups in total. The molecule has 19 heavy (non-hydrogen) atoms. The van der Waals surface area contributed by atoms with Crippen LogP contribution in [0.15, 0.2) is 18.2 Å². The first kappa shape index (κ1) is 13.2. The van der Waals surface area contributed by atoms with Gasteiger partial charge in [0.2, 0.25) is 0 Å². The molecule has 1 saturated heterocycles. The predicted molar refractivity (Wildman–Crippen MR) is 77.8 cm³/mol. The smallest absolute Gasteiger partial charge is 0.124 e. The number of hydrogen-bond acceptors (Lipinski definition) is 2. The van der Waals surface area contributed by atoms with Crippen LogP contribution in [0.3, 0.4) is 0 Å². The summed E-state index contributed by atoms with van der Waals surface area (Å²) in [6.07, 6.45) is 1.38. The van der Waals surface area contributed by atoms with Crippen LogP contribution >= 0.6 is 23.2 Å². The van der Waals surface area contributed by atoms with E-state index in [-0.39, 0.29) is 0 Å². The molecule has 3 rings (SSSR count). The molecule has 2 aromatic rings. The van der Waals surface area contributed by atoms with E-state index in [1.54, 1.807) is 0 Å². The first-order valence-electron chi connectivity index (χ1n) is 6.51. The number of hydrogen-bond donors (Lipinski definition) is 0. The van der Waals surface area contributed by atoms with Crippen LogP contribution in [0.25, 0.3) is 11.0 Å². The summed E-state index contributed by atoms with van der Waals surface area (Å²) in [5, 5.41) is 0.727. The molecule has 0 amide bonds. The van der Waals surface area contributed by atoms with Gasteiger partial charge < -0.3 is 9.30 Å². The van der Waals surface area contributed by atoms with Crippen LogP contribution in [0.2, 0.25) is 5.02 Å². The summed E-state index contributed by atoms with van der Waals surface area (Å²) in [5.41, 5.74) is 2.01. The topological polar surface area (TPSA) is 27.1 Å². The minimum Gasteiger partial charge on any atom is -0.378 e. The molecular weight excluding hydrogens is 283 g/mol. The van der Waals surface area contributed by atoms with Gasteiger partial charge in [-0.1, -0.05) is 11.6 Å². The van der Waals surface area contributed by atoms with E-state index in [0.717, 1.165) is 41.5 Å². The molecular formula is C14H16Cl2N2O. The van der Waals surface area contributed by atoms with Crippen LogP contribution in [0.4, 0.5) is 0 Å². The molecule has 0 saturated carbocycles. The van der Waals surface area contributed by atoms with Crippen molar-refractivity contribution in [2.75, 3.05) is 6.61 Å². The number of benzene rings is 1. The molecule has 2 atom stereocenters. The lowest BCUT2D eigenvalue weighted by molar-refractivity contribution is 0.102. The lowest BCUT2D eigenvalue weighted by Gasteiger charge is -2.16. The zero-order chi connectivity index (χ0) is 13.4. The zero-order valence-electron chi connectivity index (χ0n) is 10.8. The molecule has 102 valence electrons. The van der Waals surface area contributed by atoms with Crippen molar-refractivity contribution in [3.63, 3.8) is 0 Å². The average Bonchev–Trinajstić information content (AvgIpc) is 2.95. The Morgan fingerprint density at radius 1 is 1.47 bits per heavy atom. The van der Waals surface area contributed by atoms with E-state index < -0.39 is 0 Å². The summed E-state index contributed by atoms with van der Waals surface area (Å²) in [7, 11) is 0. The van der Waals surface area contributed by atoms with Gasteiger partial charge in [-0.25, -0.2) is 4.98 Å². The Balaban J connectivity index is 2.02. The Morgan fingerprint density at radius 3 is 3.00 bits per heavy atom. The number of ether oxygens (including phenoxy) is 1. The highest BCUT2D eigenvalue weighted by Crippen LogP contribution is 2.27. The summed E-state index contributed by atoms with van der Waals surface area (Å²) < 4.78 is 7.82. The molecule has 1 aromatic heterocycles. The van der Waals surface area contributed by atoms with Crippen molar-refractivity contribution in [3.05, 3.63) is 29.0 Å². The fourth-order valence-corrected chi connectivity index (χ4v) is 3.07. The van der Waals surface area contributed by atoms with E-state index in [0.29, 0.717) is 17.9 Å². The summed E-state index contributed by atoms with van der Waals surface area (Å²) in [4.78, 5) is 4.57. The predicted octanol–water partition coefficient (Wildman–Crippen LogP) is 3.85. The lowest BCUT2D eigenvalue weighted by Crippen LogP contribution is -2.19. The van der Waals surface area contributed by atoms with Crippen molar-refractivity contribution >= 4 is 34.2 Å². The number of halogens is 2. The number of nitrogens with zero attached hydrogens (tertiary/aromatic N) is 2. The summed E-state index contributed by atoms with van der Waals surface area (Å²) in [6.45, 7) is 3.86. The van der Waals surface area contributed by atoms with E-state index >= 15 is 0 Å². The lowest BCUT2D eigenvalue weighted by atomic mass is 10.0. The zero-order valence-corrected chi connectivity index (χ0v) is 12.3. The van der Waals surface area contributed by atoms with Gasteiger partial charge in [0.15, 0.2) is 0 Å². The first-order chi connectivity index (χ1) is 9.19. The maximum Gasteiger partial charge on any atom is 0.124 e. The molecule has 0 aliphatic carbocycles. The molecule has 1 fully saturated rings. The van der Waals surface area contributed by atoms with Gasteiger partial charge in [-0.2, -0.15) is 0 Å². The van der Waals surface area contributed by atoms with E-state index in [4.69, 9.17) is 27.9 Å². The normalized spacial score (nSPS) is 23.3. The Bertz CT molecular complexity index is 596. The second-order valence-corrected chi connectivity index (χ2v) is 5.73. The average molecular weight is 299 g/mol. The van der Waals surface area contributed by atoms with Crippen molar-refractivity contribution in [1.82, 2.24) is 9.55 Å². The van der Waals surface area contributed by atoms with Crippen LogP contribution in [0, 0.1) is 5.92 Å². The molecule has 1 aliphatic heterocycles. The highest BCUT2D eigenvalue weighted by Gasteiger charge is 2.26. The van der Waals surface area contributed by atoms with Gasteiger partial charge in [0.05, 0.1) is 23.0 Å². The van der Waals surface area contributed by atoms with Crippen molar-refractivity contribution in [2.24, 2.45) is 5.92 Å². The van der Waals surface area contributed by atoms with Crippen LogP contribution in [-0.4, -0.2) is 22.3 Å². The summed E-state index contributed by atoms with van der Waals surface area (Å²) in [5.74, 6) is 1.82. The molecule has 1 aromatic carbocycles.